The van der Waals surface area contributed by atoms with E-state index in [1.54, 1.807) is 0 Å². The molecule has 0 amide bonds. The van der Waals surface area contributed by atoms with Crippen molar-refractivity contribution in [2.24, 2.45) is 0 Å². The molecule has 0 spiro atoms. The van der Waals surface area contributed by atoms with Gasteiger partial charge in [0.2, 0.25) is 7.37 Å². The van der Waals surface area contributed by atoms with Gasteiger partial charge >= 0.3 is 0 Å². The van der Waals surface area contributed by atoms with E-state index in [-0.39, 0.29) is 12.7 Å². The van der Waals surface area contributed by atoms with Crippen molar-refractivity contribution in [1.82, 2.24) is 0 Å². The van der Waals surface area contributed by atoms with E-state index in [1.165, 1.54) is 0 Å². The molecule has 0 aliphatic rings. The number of hydrogen-bond acceptors (Lipinski definition) is 3. The lowest BCUT2D eigenvalue weighted by molar-refractivity contribution is 0.238. The summed E-state index contributed by atoms with van der Waals surface area (Å²) in [7, 11) is -2.47. The summed E-state index contributed by atoms with van der Waals surface area (Å²) >= 11 is 0. The summed E-state index contributed by atoms with van der Waals surface area (Å²) in [6.07, 6.45) is 3.73. The summed E-state index contributed by atoms with van der Waals surface area (Å²) < 4.78 is 17.7. The van der Waals surface area contributed by atoms with Gasteiger partial charge in [0.15, 0.2) is 0 Å². The molecular formula is C10H23O3P. The van der Waals surface area contributed by atoms with Crippen LogP contribution in [0.3, 0.4) is 0 Å². The highest BCUT2D eigenvalue weighted by Crippen LogP contribution is 2.49. The average molecular weight is 222 g/mol. The lowest BCUT2D eigenvalue weighted by Gasteiger charge is -2.20. The first-order chi connectivity index (χ1) is 6.54. The minimum atomic E-state index is -2.47. The second-order valence-corrected chi connectivity index (χ2v) is 6.58. The Kier molecular flexibility index (Phi) is 7.52. The van der Waals surface area contributed by atoms with Crippen molar-refractivity contribution in [3.63, 3.8) is 0 Å². The highest BCUT2D eigenvalue weighted by atomic mass is 31.2. The van der Waals surface area contributed by atoms with Crippen LogP contribution in [0.5, 0.6) is 0 Å². The van der Waals surface area contributed by atoms with Gasteiger partial charge in [-0.3, -0.25) is 4.57 Å². The van der Waals surface area contributed by atoms with Crippen LogP contribution in [0.2, 0.25) is 0 Å². The van der Waals surface area contributed by atoms with E-state index in [2.05, 4.69) is 6.92 Å². The molecule has 0 saturated heterocycles. The Bertz CT molecular complexity index is 168. The highest BCUT2D eigenvalue weighted by molar-refractivity contribution is 7.58. The second kappa shape index (κ2) is 7.44. The van der Waals surface area contributed by atoms with Crippen LogP contribution < -0.4 is 0 Å². The summed E-state index contributed by atoms with van der Waals surface area (Å²) in [6.45, 7) is 5.97. The summed E-state index contributed by atoms with van der Waals surface area (Å²) in [6, 6.07) is 0. The van der Waals surface area contributed by atoms with E-state index in [4.69, 9.17) is 9.63 Å². The molecule has 3 nitrogen and oxygen atoms in total. The fourth-order valence-electron chi connectivity index (χ4n) is 1.31. The largest absolute Gasteiger partial charge is 0.396 e. The molecular weight excluding hydrogens is 199 g/mol. The topological polar surface area (TPSA) is 46.5 Å². The molecule has 0 heterocycles. The molecule has 0 aromatic heterocycles. The van der Waals surface area contributed by atoms with Gasteiger partial charge in [0.25, 0.3) is 0 Å². The number of aliphatic hydroxyl groups is 1. The fraction of sp³-hybridized carbons (Fsp3) is 1.00. The van der Waals surface area contributed by atoms with Gasteiger partial charge in [-0.2, -0.15) is 0 Å². The summed E-state index contributed by atoms with van der Waals surface area (Å²) in [5, 5.41) is 8.71. The van der Waals surface area contributed by atoms with Crippen molar-refractivity contribution < 1.29 is 14.2 Å². The van der Waals surface area contributed by atoms with Crippen LogP contribution >= 0.6 is 7.37 Å². The Labute approximate surface area is 87.3 Å². The minimum Gasteiger partial charge on any atom is -0.396 e. The minimum absolute atomic E-state index is 0.0105. The van der Waals surface area contributed by atoms with Gasteiger partial charge in [0.1, 0.15) is 0 Å². The molecule has 1 N–H and O–H groups in total. The molecule has 0 bridgehead atoms. The first-order valence-corrected chi connectivity index (χ1v) is 7.41. The molecule has 0 aliphatic carbocycles. The van der Waals surface area contributed by atoms with Crippen molar-refractivity contribution in [2.75, 3.05) is 18.9 Å². The van der Waals surface area contributed by atoms with Gasteiger partial charge in [0.05, 0.1) is 6.10 Å². The van der Waals surface area contributed by atoms with Crippen molar-refractivity contribution in [1.29, 1.82) is 0 Å². The molecule has 86 valence electrons. The van der Waals surface area contributed by atoms with Crippen LogP contribution in [-0.4, -0.2) is 30.1 Å². The lowest BCUT2D eigenvalue weighted by Crippen LogP contribution is -2.07. The monoisotopic (exact) mass is 222 g/mol. The summed E-state index contributed by atoms with van der Waals surface area (Å²) in [5.74, 6) is 0. The lowest BCUT2D eigenvalue weighted by atomic mass is 10.4. The van der Waals surface area contributed by atoms with E-state index >= 15 is 0 Å². The van der Waals surface area contributed by atoms with E-state index < -0.39 is 7.37 Å². The van der Waals surface area contributed by atoms with Crippen LogP contribution in [0.25, 0.3) is 0 Å². The third-order valence-corrected chi connectivity index (χ3v) is 4.71. The fourth-order valence-corrected chi connectivity index (χ4v) is 3.94. The van der Waals surface area contributed by atoms with Crippen LogP contribution in [0.1, 0.15) is 40.0 Å². The number of aliphatic hydroxyl groups excluding tert-OH is 1. The van der Waals surface area contributed by atoms with Crippen LogP contribution in [0.4, 0.5) is 0 Å². The Balaban J connectivity index is 4.11. The van der Waals surface area contributed by atoms with Gasteiger partial charge in [-0.15, -0.1) is 0 Å². The maximum atomic E-state index is 12.2. The van der Waals surface area contributed by atoms with Gasteiger partial charge in [-0.1, -0.05) is 13.3 Å². The van der Waals surface area contributed by atoms with Crippen molar-refractivity contribution in [3.05, 3.63) is 0 Å². The molecule has 4 heteroatoms. The highest BCUT2D eigenvalue weighted by Gasteiger charge is 2.22. The van der Waals surface area contributed by atoms with E-state index in [9.17, 15) is 4.57 Å². The Hall–Kier alpha value is 0.150. The maximum absolute atomic E-state index is 12.2. The van der Waals surface area contributed by atoms with Crippen molar-refractivity contribution in [2.45, 2.75) is 46.1 Å². The predicted octanol–water partition coefficient (Wildman–Crippen LogP) is 2.87. The standard InChI is InChI=1S/C10H23O3P/c1-4-5-8-14(12,9-6-7-11)13-10(2)3/h10-11H,4-9H2,1-3H3. The zero-order valence-electron chi connectivity index (χ0n) is 9.53. The van der Waals surface area contributed by atoms with Gasteiger partial charge < -0.3 is 9.63 Å². The number of unbranched alkanes of at least 4 members (excludes halogenated alkanes) is 1. The first-order valence-electron chi connectivity index (χ1n) is 5.41. The van der Waals surface area contributed by atoms with Gasteiger partial charge in [0, 0.05) is 18.9 Å². The Morgan fingerprint density at radius 1 is 1.29 bits per heavy atom. The SMILES string of the molecule is CCCCP(=O)(CCCO)OC(C)C. The van der Waals surface area contributed by atoms with Gasteiger partial charge in [-0.05, 0) is 26.7 Å². The molecule has 0 aliphatic heterocycles. The summed E-state index contributed by atoms with van der Waals surface area (Å²) in [5.41, 5.74) is 0. The Morgan fingerprint density at radius 2 is 1.86 bits per heavy atom. The molecule has 0 fully saturated rings. The molecule has 0 radical (unpaired) electrons. The molecule has 1 atom stereocenters. The van der Waals surface area contributed by atoms with Crippen LogP contribution in [0, 0.1) is 0 Å². The smallest absolute Gasteiger partial charge is 0.203 e. The second-order valence-electron chi connectivity index (χ2n) is 3.85. The molecule has 0 rings (SSSR count). The number of rotatable bonds is 8. The molecule has 1 unspecified atom stereocenters. The molecule has 0 saturated carbocycles. The van der Waals surface area contributed by atoms with Gasteiger partial charge in [-0.25, -0.2) is 0 Å². The van der Waals surface area contributed by atoms with E-state index in [0.717, 1.165) is 12.8 Å². The Morgan fingerprint density at radius 3 is 2.29 bits per heavy atom. The summed E-state index contributed by atoms with van der Waals surface area (Å²) in [4.78, 5) is 0. The average Bonchev–Trinajstić information content (AvgIpc) is 2.11. The molecule has 0 aromatic carbocycles. The van der Waals surface area contributed by atoms with Crippen LogP contribution in [-0.2, 0) is 9.09 Å². The number of hydrogen-bond donors (Lipinski definition) is 1. The third kappa shape index (κ3) is 6.58. The molecule has 0 aromatic rings. The van der Waals surface area contributed by atoms with E-state index in [0.29, 0.717) is 18.7 Å². The first kappa shape index (κ1) is 14.2. The quantitative estimate of drug-likeness (QED) is 0.642. The normalized spacial score (nSPS) is 15.8. The zero-order valence-corrected chi connectivity index (χ0v) is 10.4. The van der Waals surface area contributed by atoms with Crippen LogP contribution in [0.15, 0.2) is 0 Å². The third-order valence-electron chi connectivity index (χ3n) is 1.91. The zero-order chi connectivity index (χ0) is 11.0. The van der Waals surface area contributed by atoms with Crippen molar-refractivity contribution >= 4 is 7.37 Å². The predicted molar refractivity (Wildman–Crippen MR) is 60.2 cm³/mol. The molecule has 14 heavy (non-hydrogen) atoms. The van der Waals surface area contributed by atoms with Crippen molar-refractivity contribution in [3.8, 4) is 0 Å². The maximum Gasteiger partial charge on any atom is 0.203 e. The van der Waals surface area contributed by atoms with E-state index in [1.807, 2.05) is 13.8 Å².